The van der Waals surface area contributed by atoms with Crippen molar-refractivity contribution in [3.8, 4) is 11.1 Å². The number of rotatable bonds is 2. The SMILES string of the molecule is Cc1cc(C(C)(C)C)c(CC2=CC=CC2)c2c1-c1ccc(C(C)(C)C)cc1C2.Cl.Cl.[Zr]. The Morgan fingerprint density at radius 2 is 1.58 bits per heavy atom. The van der Waals surface area contributed by atoms with Crippen LogP contribution >= 0.6 is 24.8 Å². The van der Waals surface area contributed by atoms with Gasteiger partial charge in [0.25, 0.3) is 0 Å². The van der Waals surface area contributed by atoms with E-state index in [9.17, 15) is 0 Å². The average Bonchev–Trinajstić information content (AvgIpc) is 3.22. The molecule has 31 heavy (non-hydrogen) atoms. The second-order valence-corrected chi connectivity index (χ2v) is 10.8. The second-order valence-electron chi connectivity index (χ2n) is 10.8. The minimum absolute atomic E-state index is 0. The molecule has 2 aliphatic carbocycles. The van der Waals surface area contributed by atoms with Crippen LogP contribution in [-0.4, -0.2) is 0 Å². The van der Waals surface area contributed by atoms with Crippen LogP contribution < -0.4 is 0 Å². The maximum Gasteiger partial charge on any atom is 0 e. The van der Waals surface area contributed by atoms with E-state index in [4.69, 9.17) is 0 Å². The van der Waals surface area contributed by atoms with Crippen LogP contribution in [0.3, 0.4) is 0 Å². The number of hydrogen-bond acceptors (Lipinski definition) is 0. The van der Waals surface area contributed by atoms with Crippen molar-refractivity contribution in [3.63, 3.8) is 0 Å². The van der Waals surface area contributed by atoms with Crippen molar-refractivity contribution >= 4 is 24.8 Å². The molecule has 0 unspecified atom stereocenters. The van der Waals surface area contributed by atoms with E-state index in [1.54, 1.807) is 16.7 Å². The molecule has 0 radical (unpaired) electrons. The summed E-state index contributed by atoms with van der Waals surface area (Å²) >= 11 is 0. The Kier molecular flexibility index (Phi) is 9.27. The van der Waals surface area contributed by atoms with Crippen molar-refractivity contribution in [1.82, 2.24) is 0 Å². The molecule has 0 spiro atoms. The normalized spacial score (nSPS) is 14.1. The maximum absolute atomic E-state index is 2.48. The Labute approximate surface area is 220 Å². The Morgan fingerprint density at radius 3 is 2.13 bits per heavy atom. The molecule has 0 aliphatic heterocycles. The predicted molar refractivity (Wildman–Crippen MR) is 137 cm³/mol. The van der Waals surface area contributed by atoms with Gasteiger partial charge in [-0.2, -0.15) is 0 Å². The van der Waals surface area contributed by atoms with Crippen LogP contribution in [-0.2, 0) is 49.9 Å². The van der Waals surface area contributed by atoms with Gasteiger partial charge in [-0.15, -0.1) is 24.8 Å². The molecule has 3 heteroatoms. The summed E-state index contributed by atoms with van der Waals surface area (Å²) in [4.78, 5) is 0. The third-order valence-corrected chi connectivity index (χ3v) is 6.41. The minimum atomic E-state index is 0. The number of halogens is 2. The van der Waals surface area contributed by atoms with Crippen LogP contribution in [0.25, 0.3) is 11.1 Å². The molecule has 0 nitrogen and oxygen atoms in total. The molecule has 2 aromatic carbocycles. The largest absolute Gasteiger partial charge is 0.147 e. The molecular formula is C28H36Cl2Zr. The first-order chi connectivity index (χ1) is 13.1. The summed E-state index contributed by atoms with van der Waals surface area (Å²) < 4.78 is 0. The molecule has 0 aromatic heterocycles. The zero-order valence-corrected chi connectivity index (χ0v) is 24.1. The summed E-state index contributed by atoms with van der Waals surface area (Å²) in [5, 5.41) is 0. The molecule has 2 aromatic rings. The first-order valence-corrected chi connectivity index (χ1v) is 10.7. The van der Waals surface area contributed by atoms with E-state index in [2.05, 4.69) is 91.0 Å². The van der Waals surface area contributed by atoms with Crippen molar-refractivity contribution in [2.45, 2.75) is 78.6 Å². The molecule has 0 amide bonds. The fraction of sp³-hybridized carbons (Fsp3) is 0.429. The zero-order valence-electron chi connectivity index (χ0n) is 20.0. The standard InChI is InChI=1S/C28H34.2ClH.Zr/c1-18-14-25(28(5,6)7)23(15-19-10-8-9-11-19)24-17-20-16-21(27(2,3)4)12-13-22(20)26(18)24;;;/h8-10,12-14,16H,11,15,17H2,1-7H3;2*1H;. The molecule has 0 saturated carbocycles. The molecule has 2 aliphatic rings. The summed E-state index contributed by atoms with van der Waals surface area (Å²) in [6.45, 7) is 16.3. The van der Waals surface area contributed by atoms with Gasteiger partial charge in [0.1, 0.15) is 0 Å². The number of benzene rings is 2. The van der Waals surface area contributed by atoms with E-state index < -0.39 is 0 Å². The third-order valence-electron chi connectivity index (χ3n) is 6.41. The van der Waals surface area contributed by atoms with E-state index in [0.29, 0.717) is 0 Å². The van der Waals surface area contributed by atoms with Gasteiger partial charge in [0.2, 0.25) is 0 Å². The Balaban J connectivity index is 0.00000160. The van der Waals surface area contributed by atoms with Crippen molar-refractivity contribution in [3.05, 3.63) is 81.4 Å². The zero-order chi connectivity index (χ0) is 20.3. The smallest absolute Gasteiger partial charge is 0 e. The summed E-state index contributed by atoms with van der Waals surface area (Å²) in [7, 11) is 0. The van der Waals surface area contributed by atoms with Crippen LogP contribution in [0.4, 0.5) is 0 Å². The fourth-order valence-electron chi connectivity index (χ4n) is 4.86. The molecule has 0 atom stereocenters. The topological polar surface area (TPSA) is 0 Å². The summed E-state index contributed by atoms with van der Waals surface area (Å²) in [5.41, 5.74) is 13.9. The molecule has 4 rings (SSSR count). The Bertz CT molecular complexity index is 1010. The van der Waals surface area contributed by atoms with Crippen LogP contribution in [0.1, 0.15) is 81.3 Å². The van der Waals surface area contributed by atoms with Gasteiger partial charge in [-0.1, -0.05) is 89.6 Å². The molecule has 0 saturated heterocycles. The van der Waals surface area contributed by atoms with Crippen LogP contribution in [0, 0.1) is 6.92 Å². The molecule has 166 valence electrons. The van der Waals surface area contributed by atoms with Gasteiger partial charge in [0, 0.05) is 26.2 Å². The third kappa shape index (κ3) is 5.48. The maximum atomic E-state index is 2.48. The fourth-order valence-corrected chi connectivity index (χ4v) is 4.86. The number of allylic oxidation sites excluding steroid dienone is 4. The van der Waals surface area contributed by atoms with Crippen molar-refractivity contribution < 1.29 is 26.2 Å². The van der Waals surface area contributed by atoms with Gasteiger partial charge in [0.15, 0.2) is 0 Å². The monoisotopic (exact) mass is 532 g/mol. The van der Waals surface area contributed by atoms with E-state index in [1.165, 1.54) is 33.4 Å². The van der Waals surface area contributed by atoms with Gasteiger partial charge in [-0.25, -0.2) is 0 Å². The van der Waals surface area contributed by atoms with E-state index in [-0.39, 0.29) is 61.8 Å². The average molecular weight is 535 g/mol. The van der Waals surface area contributed by atoms with Gasteiger partial charge < -0.3 is 0 Å². The molecular weight excluding hydrogens is 498 g/mol. The first-order valence-electron chi connectivity index (χ1n) is 10.7. The summed E-state index contributed by atoms with van der Waals surface area (Å²) in [6.07, 6.45) is 10.1. The Hall–Kier alpha value is -0.617. The number of fused-ring (bicyclic) bond motifs is 3. The van der Waals surface area contributed by atoms with Gasteiger partial charge >= 0.3 is 0 Å². The summed E-state index contributed by atoms with van der Waals surface area (Å²) in [6, 6.07) is 9.66. The van der Waals surface area contributed by atoms with Gasteiger partial charge in [-0.3, -0.25) is 0 Å². The first kappa shape index (κ1) is 28.4. The van der Waals surface area contributed by atoms with Gasteiger partial charge in [0.05, 0.1) is 0 Å². The second kappa shape index (κ2) is 10.1. The molecule has 0 bridgehead atoms. The van der Waals surface area contributed by atoms with E-state index >= 15 is 0 Å². The van der Waals surface area contributed by atoms with Crippen LogP contribution in [0.2, 0.25) is 0 Å². The van der Waals surface area contributed by atoms with Crippen LogP contribution in [0.5, 0.6) is 0 Å². The molecule has 0 N–H and O–H groups in total. The number of aryl methyl sites for hydroxylation is 1. The summed E-state index contributed by atoms with van der Waals surface area (Å²) in [5.74, 6) is 0. The van der Waals surface area contributed by atoms with E-state index in [0.717, 1.165) is 19.3 Å². The van der Waals surface area contributed by atoms with Crippen molar-refractivity contribution in [2.24, 2.45) is 0 Å². The van der Waals surface area contributed by atoms with Crippen molar-refractivity contribution in [2.75, 3.05) is 0 Å². The predicted octanol–water partition coefficient (Wildman–Crippen LogP) is 8.43. The Morgan fingerprint density at radius 1 is 0.903 bits per heavy atom. The van der Waals surface area contributed by atoms with Gasteiger partial charge in [-0.05, 0) is 81.5 Å². The quantitative estimate of drug-likeness (QED) is 0.310. The van der Waals surface area contributed by atoms with E-state index in [1.807, 2.05) is 0 Å². The van der Waals surface area contributed by atoms with Crippen molar-refractivity contribution in [1.29, 1.82) is 0 Å². The minimum Gasteiger partial charge on any atom is -0.147 e. The number of hydrogen-bond donors (Lipinski definition) is 0. The molecule has 0 fully saturated rings. The molecule has 0 heterocycles. The van der Waals surface area contributed by atoms with Crippen LogP contribution in [0.15, 0.2) is 48.1 Å².